The fourth-order valence-electron chi connectivity index (χ4n) is 5.85. The number of nitrogens with zero attached hydrogens (tertiary/aromatic N) is 1. The van der Waals surface area contributed by atoms with Crippen molar-refractivity contribution >= 4 is 18.9 Å². The summed E-state index contributed by atoms with van der Waals surface area (Å²) in [7, 11) is -1.08. The lowest BCUT2D eigenvalue weighted by atomic mass is 9.54. The van der Waals surface area contributed by atoms with Gasteiger partial charge in [-0.15, -0.1) is 0 Å². The molecule has 7 heteroatoms. The summed E-state index contributed by atoms with van der Waals surface area (Å²) in [6.07, 6.45) is 3.14. The maximum atomic E-state index is 13.3. The van der Waals surface area contributed by atoms with Crippen LogP contribution in [0.15, 0.2) is 23.2 Å². The fourth-order valence-corrected chi connectivity index (χ4v) is 5.85. The highest BCUT2D eigenvalue weighted by atomic mass is 16.5. The average molecular weight is 425 g/mol. The van der Waals surface area contributed by atoms with Gasteiger partial charge in [0.15, 0.2) is 0 Å². The second-order valence-electron chi connectivity index (χ2n) is 9.30. The minimum Gasteiger partial charge on any atom is -0.507 e. The molecule has 2 N–H and O–H groups in total. The van der Waals surface area contributed by atoms with Crippen LogP contribution in [0.4, 0.5) is 0 Å². The molecule has 166 valence electrons. The molecular formula is C24H32BNO5. The first-order valence-corrected chi connectivity index (χ1v) is 11.5. The molecule has 0 radical (unpaired) electrons. The van der Waals surface area contributed by atoms with Crippen molar-refractivity contribution in [2.45, 2.75) is 65.9 Å². The molecular weight excluding hydrogens is 393 g/mol. The number of amides is 2. The molecule has 0 aromatic heterocycles. The Balaban J connectivity index is 1.74. The Morgan fingerprint density at radius 1 is 1.10 bits per heavy atom. The van der Waals surface area contributed by atoms with E-state index in [9.17, 15) is 19.7 Å². The number of fused-ring (bicyclic) bond motifs is 3. The van der Waals surface area contributed by atoms with Crippen LogP contribution in [0, 0.1) is 31.6 Å². The van der Waals surface area contributed by atoms with Gasteiger partial charge in [-0.1, -0.05) is 25.8 Å². The molecule has 0 spiro atoms. The van der Waals surface area contributed by atoms with E-state index in [-0.39, 0.29) is 29.4 Å². The first-order chi connectivity index (χ1) is 14.8. The van der Waals surface area contributed by atoms with Gasteiger partial charge in [0.2, 0.25) is 11.8 Å². The molecule has 2 aliphatic heterocycles. The van der Waals surface area contributed by atoms with Crippen molar-refractivity contribution in [3.63, 3.8) is 0 Å². The molecule has 2 fully saturated rings. The molecule has 2 heterocycles. The van der Waals surface area contributed by atoms with Crippen molar-refractivity contribution in [2.24, 2.45) is 17.8 Å². The van der Waals surface area contributed by atoms with Crippen LogP contribution in [-0.4, -0.2) is 40.5 Å². The summed E-state index contributed by atoms with van der Waals surface area (Å²) < 4.78 is 6.06. The van der Waals surface area contributed by atoms with Gasteiger partial charge in [-0.25, -0.2) is 0 Å². The zero-order valence-corrected chi connectivity index (χ0v) is 18.9. The summed E-state index contributed by atoms with van der Waals surface area (Å²) in [5.74, 6) is -0.852. The monoisotopic (exact) mass is 425 g/mol. The predicted octanol–water partition coefficient (Wildman–Crippen LogP) is 3.62. The van der Waals surface area contributed by atoms with E-state index in [1.165, 1.54) is 4.90 Å². The molecule has 4 rings (SSSR count). The van der Waals surface area contributed by atoms with Crippen LogP contribution in [0.1, 0.15) is 68.7 Å². The molecule has 31 heavy (non-hydrogen) atoms. The molecule has 1 aliphatic carbocycles. The second-order valence-corrected chi connectivity index (χ2v) is 9.30. The quantitative estimate of drug-likeness (QED) is 0.556. The highest BCUT2D eigenvalue weighted by Gasteiger charge is 2.57. The molecule has 1 aromatic carbocycles. The molecule has 4 atom stereocenters. The van der Waals surface area contributed by atoms with Crippen molar-refractivity contribution in [1.82, 2.24) is 4.90 Å². The van der Waals surface area contributed by atoms with Gasteiger partial charge in [0, 0.05) is 6.54 Å². The highest BCUT2D eigenvalue weighted by molar-refractivity contribution is 6.53. The number of phenols is 1. The zero-order valence-electron chi connectivity index (χ0n) is 18.9. The van der Waals surface area contributed by atoms with Crippen LogP contribution in [0.5, 0.6) is 5.75 Å². The van der Waals surface area contributed by atoms with Gasteiger partial charge in [-0.05, 0) is 79.7 Å². The van der Waals surface area contributed by atoms with Crippen LogP contribution in [0.3, 0.4) is 0 Å². The molecule has 0 bridgehead atoms. The molecule has 1 aromatic rings. The van der Waals surface area contributed by atoms with E-state index in [4.69, 9.17) is 4.65 Å². The zero-order chi connectivity index (χ0) is 22.4. The Morgan fingerprint density at radius 3 is 2.39 bits per heavy atom. The number of hydrogen-bond acceptors (Lipinski definition) is 5. The van der Waals surface area contributed by atoms with Crippen LogP contribution >= 0.6 is 0 Å². The predicted molar refractivity (Wildman–Crippen MR) is 118 cm³/mol. The van der Waals surface area contributed by atoms with Crippen molar-refractivity contribution in [3.8, 4) is 5.75 Å². The number of imide groups is 1. The lowest BCUT2D eigenvalue weighted by Gasteiger charge is -2.42. The summed E-state index contributed by atoms with van der Waals surface area (Å²) in [5.41, 5.74) is 4.29. The lowest BCUT2D eigenvalue weighted by Crippen LogP contribution is -2.45. The molecule has 2 amide bonds. The van der Waals surface area contributed by atoms with Crippen molar-refractivity contribution in [1.29, 1.82) is 0 Å². The number of benzene rings is 1. The van der Waals surface area contributed by atoms with E-state index in [2.05, 4.69) is 6.92 Å². The van der Waals surface area contributed by atoms with Crippen LogP contribution in [0.25, 0.3) is 0 Å². The third-order valence-electron chi connectivity index (χ3n) is 7.19. The minimum absolute atomic E-state index is 0.0571. The molecule has 2 saturated heterocycles. The number of allylic oxidation sites excluding steroid dienone is 2. The van der Waals surface area contributed by atoms with E-state index in [1.807, 2.05) is 32.9 Å². The van der Waals surface area contributed by atoms with Gasteiger partial charge >= 0.3 is 7.12 Å². The molecule has 3 aliphatic rings. The van der Waals surface area contributed by atoms with Crippen LogP contribution in [-0.2, 0) is 14.2 Å². The summed E-state index contributed by atoms with van der Waals surface area (Å²) in [4.78, 5) is 27.8. The van der Waals surface area contributed by atoms with Gasteiger partial charge in [-0.2, -0.15) is 0 Å². The van der Waals surface area contributed by atoms with E-state index in [1.54, 1.807) is 0 Å². The number of carbonyl (C=O) groups is 2. The molecule has 0 saturated carbocycles. The third kappa shape index (κ3) is 3.62. The van der Waals surface area contributed by atoms with Crippen LogP contribution < -0.4 is 0 Å². The number of phenolic OH excluding ortho intramolecular Hbond substituents is 1. The summed E-state index contributed by atoms with van der Waals surface area (Å²) in [6, 6.07) is 3.76. The maximum Gasteiger partial charge on any atom is 0.487 e. The topological polar surface area (TPSA) is 87.1 Å². The van der Waals surface area contributed by atoms with Crippen molar-refractivity contribution in [2.75, 3.05) is 6.54 Å². The first kappa shape index (κ1) is 22.1. The molecule has 0 unspecified atom stereocenters. The smallest absolute Gasteiger partial charge is 0.487 e. The Morgan fingerprint density at radius 2 is 1.77 bits per heavy atom. The number of rotatable bonds is 5. The SMILES string of the molecule is CCCC1=C2B(O)O[C@H](c3cc(C)c(O)c(C)c3)C[C@H]2[C@H]2C(=O)N(CCC)C(=O)[C@H]2C1. The van der Waals surface area contributed by atoms with E-state index >= 15 is 0 Å². The fraction of sp³-hybridized carbons (Fsp3) is 0.583. The molecule has 6 nitrogen and oxygen atoms in total. The third-order valence-corrected chi connectivity index (χ3v) is 7.19. The van der Waals surface area contributed by atoms with Gasteiger partial charge in [0.25, 0.3) is 0 Å². The summed E-state index contributed by atoms with van der Waals surface area (Å²) in [5, 5.41) is 21.2. The highest BCUT2D eigenvalue weighted by Crippen LogP contribution is 2.52. The summed E-state index contributed by atoms with van der Waals surface area (Å²) in [6.45, 7) is 8.19. The van der Waals surface area contributed by atoms with Gasteiger partial charge < -0.3 is 14.8 Å². The Bertz CT molecular complexity index is 919. The van der Waals surface area contributed by atoms with Gasteiger partial charge in [-0.3, -0.25) is 14.5 Å². The normalized spacial score (nSPS) is 28.3. The van der Waals surface area contributed by atoms with Crippen molar-refractivity contribution < 1.29 is 24.4 Å². The van der Waals surface area contributed by atoms with E-state index < -0.39 is 19.1 Å². The Labute approximate surface area is 184 Å². The minimum atomic E-state index is -1.08. The Kier molecular flexibility index (Phi) is 6.01. The van der Waals surface area contributed by atoms with E-state index in [0.29, 0.717) is 19.4 Å². The average Bonchev–Trinajstić information content (AvgIpc) is 2.96. The lowest BCUT2D eigenvalue weighted by molar-refractivity contribution is -0.140. The number of hydrogen-bond donors (Lipinski definition) is 2. The maximum absolute atomic E-state index is 13.3. The first-order valence-electron chi connectivity index (χ1n) is 11.5. The second kappa shape index (κ2) is 8.43. The number of aryl methyl sites for hydroxylation is 2. The largest absolute Gasteiger partial charge is 0.507 e. The van der Waals surface area contributed by atoms with Gasteiger partial charge in [0.05, 0.1) is 17.9 Å². The van der Waals surface area contributed by atoms with Crippen LogP contribution in [0.2, 0.25) is 0 Å². The standard InChI is InChI=1S/C24H32BNO5/c1-5-7-15-11-18-20(24(29)26(8-6-2)23(18)28)17-12-19(31-25(30)21(15)17)16-9-13(3)22(27)14(4)10-16/h9-10,17-20,27,30H,5-8,11-12H2,1-4H3/t17-,18-,19-,20+/m0/s1. The van der Waals surface area contributed by atoms with E-state index in [0.717, 1.165) is 47.0 Å². The summed E-state index contributed by atoms with van der Waals surface area (Å²) >= 11 is 0. The number of carbonyl (C=O) groups excluding carboxylic acids is 2. The van der Waals surface area contributed by atoms with Crippen molar-refractivity contribution in [3.05, 3.63) is 39.9 Å². The number of likely N-dealkylation sites (tertiary alicyclic amines) is 1. The van der Waals surface area contributed by atoms with Gasteiger partial charge in [0.1, 0.15) is 5.75 Å². The Hall–Kier alpha value is -2.12. The number of aromatic hydroxyl groups is 1.